The standard InChI is InChI=1S/C19H17Cl2N3O5S/c1-10-4-5-11(6-16(10)30(28,29)23(2)3)22-17(25)9-24-18(26)12-7-14(20)15(21)8-13(12)19(24)27/h4-8H,9H2,1-3H3,(H,22,25). The van der Waals surface area contributed by atoms with E-state index in [2.05, 4.69) is 5.32 Å². The number of hydrogen-bond acceptors (Lipinski definition) is 5. The number of rotatable bonds is 5. The zero-order valence-corrected chi connectivity index (χ0v) is 18.5. The maximum absolute atomic E-state index is 12.5. The molecule has 1 aliphatic heterocycles. The van der Waals surface area contributed by atoms with Crippen LogP contribution in [0.25, 0.3) is 0 Å². The summed E-state index contributed by atoms with van der Waals surface area (Å²) in [6, 6.07) is 6.98. The van der Waals surface area contributed by atoms with Crippen molar-refractivity contribution in [2.24, 2.45) is 0 Å². The topological polar surface area (TPSA) is 104 Å². The molecule has 0 spiro atoms. The third kappa shape index (κ3) is 3.93. The SMILES string of the molecule is Cc1ccc(NC(=O)CN2C(=O)c3cc(Cl)c(Cl)cc3C2=O)cc1S(=O)(=O)N(C)C. The van der Waals surface area contributed by atoms with Crippen molar-refractivity contribution in [2.45, 2.75) is 11.8 Å². The molecule has 0 atom stereocenters. The number of carbonyl (C=O) groups is 3. The van der Waals surface area contributed by atoms with Crippen LogP contribution in [0.3, 0.4) is 0 Å². The van der Waals surface area contributed by atoms with Gasteiger partial charge in [-0.05, 0) is 36.8 Å². The van der Waals surface area contributed by atoms with Gasteiger partial charge in [-0.15, -0.1) is 0 Å². The Balaban J connectivity index is 1.80. The van der Waals surface area contributed by atoms with E-state index in [-0.39, 0.29) is 31.8 Å². The number of carbonyl (C=O) groups excluding carboxylic acids is 3. The second-order valence-corrected chi connectivity index (χ2v) is 9.76. The maximum Gasteiger partial charge on any atom is 0.262 e. The monoisotopic (exact) mass is 469 g/mol. The number of nitrogens with zero attached hydrogens (tertiary/aromatic N) is 2. The Hall–Kier alpha value is -2.46. The van der Waals surface area contributed by atoms with Gasteiger partial charge in [0.2, 0.25) is 15.9 Å². The number of imide groups is 1. The van der Waals surface area contributed by atoms with Gasteiger partial charge in [-0.25, -0.2) is 12.7 Å². The molecular formula is C19H17Cl2N3O5S. The molecule has 3 rings (SSSR count). The summed E-state index contributed by atoms with van der Waals surface area (Å²) in [5, 5.41) is 2.76. The van der Waals surface area contributed by atoms with Crippen LogP contribution in [0.4, 0.5) is 5.69 Å². The van der Waals surface area contributed by atoms with Gasteiger partial charge in [0.25, 0.3) is 11.8 Å². The molecule has 8 nitrogen and oxygen atoms in total. The summed E-state index contributed by atoms with van der Waals surface area (Å²) in [5.41, 5.74) is 0.860. The van der Waals surface area contributed by atoms with E-state index in [4.69, 9.17) is 23.2 Å². The molecule has 11 heteroatoms. The Kier molecular flexibility index (Phi) is 5.92. The van der Waals surface area contributed by atoms with Crippen molar-refractivity contribution in [3.63, 3.8) is 0 Å². The molecule has 0 saturated heterocycles. The van der Waals surface area contributed by atoms with Crippen LogP contribution >= 0.6 is 23.2 Å². The van der Waals surface area contributed by atoms with Crippen LogP contribution in [-0.4, -0.2) is 56.0 Å². The third-order valence-corrected chi connectivity index (χ3v) is 7.22. The molecule has 2 aromatic rings. The van der Waals surface area contributed by atoms with E-state index in [1.54, 1.807) is 13.0 Å². The molecule has 0 fully saturated rings. The number of benzene rings is 2. The van der Waals surface area contributed by atoms with Gasteiger partial charge in [-0.1, -0.05) is 29.3 Å². The van der Waals surface area contributed by atoms with Crippen LogP contribution in [-0.2, 0) is 14.8 Å². The zero-order chi connectivity index (χ0) is 22.4. The molecule has 1 heterocycles. The number of sulfonamides is 1. The van der Waals surface area contributed by atoms with Gasteiger partial charge in [-0.3, -0.25) is 19.3 Å². The van der Waals surface area contributed by atoms with E-state index >= 15 is 0 Å². The average molecular weight is 470 g/mol. The van der Waals surface area contributed by atoms with Crippen molar-refractivity contribution in [3.8, 4) is 0 Å². The Morgan fingerprint density at radius 3 is 2.07 bits per heavy atom. The summed E-state index contributed by atoms with van der Waals surface area (Å²) >= 11 is 11.8. The largest absolute Gasteiger partial charge is 0.324 e. The molecule has 0 aliphatic carbocycles. The number of fused-ring (bicyclic) bond motifs is 1. The van der Waals surface area contributed by atoms with Crippen molar-refractivity contribution in [2.75, 3.05) is 26.0 Å². The Morgan fingerprint density at radius 1 is 1.03 bits per heavy atom. The first-order valence-electron chi connectivity index (χ1n) is 8.61. The molecule has 2 aromatic carbocycles. The Bertz CT molecular complexity index is 1150. The van der Waals surface area contributed by atoms with Crippen molar-refractivity contribution < 1.29 is 22.8 Å². The fourth-order valence-corrected chi connectivity index (χ4v) is 4.40. The second kappa shape index (κ2) is 7.99. The lowest BCUT2D eigenvalue weighted by molar-refractivity contribution is -0.116. The smallest absolute Gasteiger partial charge is 0.262 e. The van der Waals surface area contributed by atoms with Crippen molar-refractivity contribution >= 4 is 56.6 Å². The summed E-state index contributed by atoms with van der Waals surface area (Å²) in [6.45, 7) is 1.09. The van der Waals surface area contributed by atoms with Crippen molar-refractivity contribution in [1.29, 1.82) is 0 Å². The summed E-state index contributed by atoms with van der Waals surface area (Å²) in [5.74, 6) is -1.99. The van der Waals surface area contributed by atoms with Gasteiger partial charge in [0.1, 0.15) is 6.54 Å². The van der Waals surface area contributed by atoms with Gasteiger partial charge in [0, 0.05) is 19.8 Å². The van der Waals surface area contributed by atoms with E-state index in [9.17, 15) is 22.8 Å². The van der Waals surface area contributed by atoms with E-state index in [1.165, 1.54) is 38.4 Å². The fourth-order valence-electron chi connectivity index (χ4n) is 2.92. The summed E-state index contributed by atoms with van der Waals surface area (Å²) in [7, 11) is -0.905. The molecule has 0 saturated carbocycles. The van der Waals surface area contributed by atoms with Gasteiger partial charge in [0.05, 0.1) is 26.1 Å². The molecule has 3 amide bonds. The second-order valence-electron chi connectivity index (χ2n) is 6.82. The van der Waals surface area contributed by atoms with Gasteiger partial charge >= 0.3 is 0 Å². The first kappa shape index (κ1) is 22.2. The van der Waals surface area contributed by atoms with E-state index < -0.39 is 34.3 Å². The highest BCUT2D eigenvalue weighted by Gasteiger charge is 2.37. The Labute approximate surface area is 183 Å². The Morgan fingerprint density at radius 2 is 1.57 bits per heavy atom. The fraction of sp³-hybridized carbons (Fsp3) is 0.211. The summed E-state index contributed by atoms with van der Waals surface area (Å²) in [6.07, 6.45) is 0. The van der Waals surface area contributed by atoms with E-state index in [1.807, 2.05) is 0 Å². The predicted molar refractivity (Wildman–Crippen MR) is 113 cm³/mol. The van der Waals surface area contributed by atoms with Crippen molar-refractivity contribution in [3.05, 3.63) is 57.1 Å². The van der Waals surface area contributed by atoms with Crippen LogP contribution in [0, 0.1) is 6.92 Å². The zero-order valence-electron chi connectivity index (χ0n) is 16.2. The van der Waals surface area contributed by atoms with Crippen molar-refractivity contribution in [1.82, 2.24) is 9.21 Å². The van der Waals surface area contributed by atoms with Crippen LogP contribution in [0.15, 0.2) is 35.2 Å². The summed E-state index contributed by atoms with van der Waals surface area (Å²) < 4.78 is 25.9. The highest BCUT2D eigenvalue weighted by atomic mass is 35.5. The first-order valence-corrected chi connectivity index (χ1v) is 10.8. The molecule has 158 valence electrons. The highest BCUT2D eigenvalue weighted by molar-refractivity contribution is 7.89. The summed E-state index contributed by atoms with van der Waals surface area (Å²) in [4.78, 5) is 38.3. The van der Waals surface area contributed by atoms with E-state index in [0.717, 1.165) is 9.21 Å². The number of nitrogens with one attached hydrogen (secondary N) is 1. The molecule has 0 bridgehead atoms. The van der Waals surface area contributed by atoms with Crippen LogP contribution in [0.1, 0.15) is 26.3 Å². The molecule has 30 heavy (non-hydrogen) atoms. The van der Waals surface area contributed by atoms with Crippen LogP contribution < -0.4 is 5.32 Å². The minimum atomic E-state index is -3.71. The van der Waals surface area contributed by atoms with Gasteiger partial charge < -0.3 is 5.32 Å². The average Bonchev–Trinajstić information content (AvgIpc) is 2.88. The van der Waals surface area contributed by atoms with Gasteiger partial charge in [0.15, 0.2) is 0 Å². The minimum absolute atomic E-state index is 0.0373. The molecule has 0 radical (unpaired) electrons. The maximum atomic E-state index is 12.5. The molecule has 0 unspecified atom stereocenters. The van der Waals surface area contributed by atoms with Crippen LogP contribution in [0.2, 0.25) is 10.0 Å². The predicted octanol–water partition coefficient (Wildman–Crippen LogP) is 2.79. The van der Waals surface area contributed by atoms with E-state index in [0.29, 0.717) is 5.56 Å². The lowest BCUT2D eigenvalue weighted by atomic mass is 10.1. The number of aryl methyl sites for hydroxylation is 1. The number of amides is 3. The van der Waals surface area contributed by atoms with Gasteiger partial charge in [-0.2, -0.15) is 0 Å². The molecule has 0 aromatic heterocycles. The number of hydrogen-bond donors (Lipinski definition) is 1. The number of halogens is 2. The first-order chi connectivity index (χ1) is 13.9. The van der Waals surface area contributed by atoms with Crippen LogP contribution in [0.5, 0.6) is 0 Å². The lowest BCUT2D eigenvalue weighted by Gasteiger charge is -2.16. The highest BCUT2D eigenvalue weighted by Crippen LogP contribution is 2.31. The number of anilines is 1. The molecule has 1 aliphatic rings. The normalized spacial score (nSPS) is 13.7. The molecular weight excluding hydrogens is 453 g/mol. The third-order valence-electron chi connectivity index (χ3n) is 4.54. The minimum Gasteiger partial charge on any atom is -0.324 e. The quantitative estimate of drug-likeness (QED) is 0.677. The lowest BCUT2D eigenvalue weighted by Crippen LogP contribution is -2.37. The molecule has 1 N–H and O–H groups in total.